The normalized spacial score (nSPS) is 26.9. The standard InChI is InChI=1S/C32H44N2/c1-21-17-26-25(18-23(33-13-7-8-14-33)19-29(26)34-15-9-10-16-34)24-11-12-28-27(30(21)24)20-31(3,4)22(2)32(28,5)6/h11-12,18-19,21-22H,7-10,13-17,20H2,1-6H3. The van der Waals surface area contributed by atoms with E-state index >= 15 is 0 Å². The van der Waals surface area contributed by atoms with Gasteiger partial charge in [0.25, 0.3) is 0 Å². The van der Waals surface area contributed by atoms with Crippen LogP contribution in [0.5, 0.6) is 0 Å². The molecule has 6 rings (SSSR count). The summed E-state index contributed by atoms with van der Waals surface area (Å²) >= 11 is 0. The molecule has 0 bridgehead atoms. The van der Waals surface area contributed by atoms with E-state index in [1.54, 1.807) is 27.9 Å². The van der Waals surface area contributed by atoms with Crippen molar-refractivity contribution in [3.05, 3.63) is 46.5 Å². The van der Waals surface area contributed by atoms with Gasteiger partial charge in [-0.05, 0) is 107 Å². The fourth-order valence-corrected chi connectivity index (χ4v) is 7.98. The van der Waals surface area contributed by atoms with E-state index in [0.717, 1.165) is 0 Å². The van der Waals surface area contributed by atoms with E-state index < -0.39 is 0 Å². The molecule has 2 aliphatic carbocycles. The SMILES string of the molecule is CC1Cc2c(cc(N3CCCC3)cc2N2CCCC2)-c2ccc3c(c21)CC(C)(C)C(C)C3(C)C. The molecule has 2 nitrogen and oxygen atoms in total. The molecule has 2 aliphatic heterocycles. The van der Waals surface area contributed by atoms with Gasteiger partial charge in [0.05, 0.1) is 0 Å². The maximum absolute atomic E-state index is 2.70. The molecule has 0 saturated carbocycles. The minimum Gasteiger partial charge on any atom is -0.371 e. The van der Waals surface area contributed by atoms with Crippen LogP contribution in [0.2, 0.25) is 0 Å². The summed E-state index contributed by atoms with van der Waals surface area (Å²) in [5.74, 6) is 1.25. The van der Waals surface area contributed by atoms with Crippen LogP contribution in [0.3, 0.4) is 0 Å². The Morgan fingerprint density at radius 2 is 1.41 bits per heavy atom. The average molecular weight is 457 g/mol. The van der Waals surface area contributed by atoms with Crippen molar-refractivity contribution in [1.29, 1.82) is 0 Å². The van der Waals surface area contributed by atoms with Crippen LogP contribution < -0.4 is 9.80 Å². The summed E-state index contributed by atoms with van der Waals surface area (Å²) in [6.07, 6.45) is 7.73. The Kier molecular flexibility index (Phi) is 5.14. The molecule has 2 atom stereocenters. The molecule has 0 radical (unpaired) electrons. The van der Waals surface area contributed by atoms with Gasteiger partial charge in [-0.2, -0.15) is 0 Å². The third kappa shape index (κ3) is 3.27. The molecule has 4 aliphatic rings. The highest BCUT2D eigenvalue weighted by Gasteiger charge is 2.46. The van der Waals surface area contributed by atoms with Gasteiger partial charge in [0.1, 0.15) is 0 Å². The van der Waals surface area contributed by atoms with Crippen molar-refractivity contribution in [2.24, 2.45) is 11.3 Å². The second kappa shape index (κ2) is 7.77. The summed E-state index contributed by atoms with van der Waals surface area (Å²) in [7, 11) is 0. The Balaban J connectivity index is 1.57. The van der Waals surface area contributed by atoms with Crippen molar-refractivity contribution in [1.82, 2.24) is 0 Å². The Morgan fingerprint density at radius 1 is 0.765 bits per heavy atom. The molecule has 2 unspecified atom stereocenters. The molecule has 0 spiro atoms. The predicted molar refractivity (Wildman–Crippen MR) is 147 cm³/mol. The molecule has 0 aromatic heterocycles. The maximum Gasteiger partial charge on any atom is 0.0426 e. The number of fused-ring (bicyclic) bond motifs is 5. The summed E-state index contributed by atoms with van der Waals surface area (Å²) in [5, 5.41) is 0. The van der Waals surface area contributed by atoms with Gasteiger partial charge in [0.15, 0.2) is 0 Å². The molecule has 2 aromatic rings. The van der Waals surface area contributed by atoms with Gasteiger partial charge in [0.2, 0.25) is 0 Å². The number of hydrogen-bond acceptors (Lipinski definition) is 2. The Morgan fingerprint density at radius 3 is 2.09 bits per heavy atom. The van der Waals surface area contributed by atoms with Gasteiger partial charge in [0, 0.05) is 37.6 Å². The van der Waals surface area contributed by atoms with Crippen LogP contribution >= 0.6 is 0 Å². The lowest BCUT2D eigenvalue weighted by Gasteiger charge is -2.50. The van der Waals surface area contributed by atoms with Gasteiger partial charge in [-0.25, -0.2) is 0 Å². The van der Waals surface area contributed by atoms with Gasteiger partial charge >= 0.3 is 0 Å². The van der Waals surface area contributed by atoms with Crippen LogP contribution in [-0.2, 0) is 18.3 Å². The van der Waals surface area contributed by atoms with Crippen LogP contribution in [0.1, 0.15) is 95.4 Å². The van der Waals surface area contributed by atoms with Crippen molar-refractivity contribution >= 4 is 11.4 Å². The van der Waals surface area contributed by atoms with Crippen LogP contribution in [-0.4, -0.2) is 26.2 Å². The smallest absolute Gasteiger partial charge is 0.0426 e. The average Bonchev–Trinajstić information content (AvgIpc) is 3.51. The topological polar surface area (TPSA) is 6.48 Å². The fraction of sp³-hybridized carbons (Fsp3) is 0.625. The van der Waals surface area contributed by atoms with Crippen molar-refractivity contribution < 1.29 is 0 Å². The van der Waals surface area contributed by atoms with E-state index in [0.29, 0.717) is 17.3 Å². The molecule has 34 heavy (non-hydrogen) atoms. The molecule has 2 saturated heterocycles. The van der Waals surface area contributed by atoms with E-state index in [1.807, 2.05) is 0 Å². The third-order valence-corrected chi connectivity index (χ3v) is 10.4. The number of benzene rings is 2. The highest BCUT2D eigenvalue weighted by Crippen LogP contribution is 2.55. The van der Waals surface area contributed by atoms with E-state index in [2.05, 4.69) is 75.6 Å². The van der Waals surface area contributed by atoms with Crippen LogP contribution in [0, 0.1) is 11.3 Å². The molecule has 2 heterocycles. The van der Waals surface area contributed by atoms with Crippen LogP contribution in [0.15, 0.2) is 24.3 Å². The lowest BCUT2D eigenvalue weighted by molar-refractivity contribution is 0.125. The summed E-state index contributed by atoms with van der Waals surface area (Å²) in [4.78, 5) is 5.34. The Bertz CT molecular complexity index is 1110. The quantitative estimate of drug-likeness (QED) is 0.456. The lowest BCUT2D eigenvalue weighted by atomic mass is 9.54. The van der Waals surface area contributed by atoms with Gasteiger partial charge in [-0.3, -0.25) is 0 Å². The monoisotopic (exact) mass is 456 g/mol. The highest BCUT2D eigenvalue weighted by atomic mass is 15.2. The Labute approximate surface area is 207 Å². The number of hydrogen-bond donors (Lipinski definition) is 0. The van der Waals surface area contributed by atoms with Crippen molar-refractivity contribution in [3.8, 4) is 11.1 Å². The summed E-state index contributed by atoms with van der Waals surface area (Å²) < 4.78 is 0. The first kappa shape index (κ1) is 22.5. The predicted octanol–water partition coefficient (Wildman–Crippen LogP) is 7.71. The number of anilines is 2. The van der Waals surface area contributed by atoms with Gasteiger partial charge in [-0.15, -0.1) is 0 Å². The van der Waals surface area contributed by atoms with Crippen LogP contribution in [0.25, 0.3) is 11.1 Å². The molecule has 182 valence electrons. The largest absolute Gasteiger partial charge is 0.371 e. The fourth-order valence-electron chi connectivity index (χ4n) is 7.98. The van der Waals surface area contributed by atoms with E-state index in [4.69, 9.17) is 0 Å². The van der Waals surface area contributed by atoms with Crippen molar-refractivity contribution in [2.45, 2.75) is 91.4 Å². The first-order valence-corrected chi connectivity index (χ1v) is 14.0. The Hall–Kier alpha value is -1.96. The third-order valence-electron chi connectivity index (χ3n) is 10.4. The molecular weight excluding hydrogens is 412 g/mol. The van der Waals surface area contributed by atoms with E-state index in [1.165, 1.54) is 81.5 Å². The summed E-state index contributed by atoms with van der Waals surface area (Å²) in [5.41, 5.74) is 13.2. The maximum atomic E-state index is 2.70. The molecule has 2 aromatic carbocycles. The van der Waals surface area contributed by atoms with Gasteiger partial charge in [-0.1, -0.05) is 53.7 Å². The highest BCUT2D eigenvalue weighted by molar-refractivity contribution is 5.85. The zero-order chi connectivity index (χ0) is 23.8. The summed E-state index contributed by atoms with van der Waals surface area (Å²) in [6, 6.07) is 10.1. The number of nitrogens with zero attached hydrogens (tertiary/aromatic N) is 2. The van der Waals surface area contributed by atoms with Crippen LogP contribution in [0.4, 0.5) is 11.4 Å². The minimum absolute atomic E-state index is 0.213. The molecule has 2 heteroatoms. The zero-order valence-electron chi connectivity index (χ0n) is 22.4. The van der Waals surface area contributed by atoms with E-state index in [-0.39, 0.29) is 5.41 Å². The summed E-state index contributed by atoms with van der Waals surface area (Å²) in [6.45, 7) is 19.8. The first-order chi connectivity index (χ1) is 16.2. The lowest BCUT2D eigenvalue weighted by Crippen LogP contribution is -2.44. The zero-order valence-corrected chi connectivity index (χ0v) is 22.4. The first-order valence-electron chi connectivity index (χ1n) is 14.0. The van der Waals surface area contributed by atoms with Gasteiger partial charge < -0.3 is 9.80 Å². The molecule has 0 amide bonds. The molecule has 2 fully saturated rings. The number of rotatable bonds is 2. The van der Waals surface area contributed by atoms with Crippen molar-refractivity contribution in [3.63, 3.8) is 0 Å². The molecule has 0 N–H and O–H groups in total. The second-order valence-electron chi connectivity index (χ2n) is 13.1. The minimum atomic E-state index is 0.213. The van der Waals surface area contributed by atoms with E-state index in [9.17, 15) is 0 Å². The molecular formula is C32H44N2. The van der Waals surface area contributed by atoms with Crippen molar-refractivity contribution in [2.75, 3.05) is 36.0 Å². The second-order valence-corrected chi connectivity index (χ2v) is 13.1.